The van der Waals surface area contributed by atoms with E-state index in [0.29, 0.717) is 70.3 Å². The number of ketones is 1. The number of methoxy groups -OCH3 is 4. The first-order chi connectivity index (χ1) is 24.4. The van der Waals surface area contributed by atoms with Crippen LogP contribution in [0.25, 0.3) is 48.7 Å². The second-order valence-corrected chi connectivity index (χ2v) is 14.6. The number of thioether (sulfide) groups is 2. The van der Waals surface area contributed by atoms with Crippen LogP contribution in [0.2, 0.25) is 0 Å². The molecule has 0 fully saturated rings. The van der Waals surface area contributed by atoms with Crippen LogP contribution < -0.4 is 29.7 Å². The number of phenols is 2. The average molecular weight is 731 g/mol. The van der Waals surface area contributed by atoms with Crippen molar-refractivity contribution in [2.24, 2.45) is 9.98 Å². The molecule has 2 heterocycles. The first-order valence-electron chi connectivity index (χ1n) is 15.8. The van der Waals surface area contributed by atoms with Crippen LogP contribution >= 0.6 is 23.5 Å². The van der Waals surface area contributed by atoms with Gasteiger partial charge in [0, 0.05) is 55.1 Å². The Kier molecular flexibility index (Phi) is 7.40. The number of aliphatic carboxylic acids is 2. The highest BCUT2D eigenvalue weighted by molar-refractivity contribution is 7.99. The number of allylic oxidation sites excluding steroid dienone is 2. The maximum atomic E-state index is 13.7. The van der Waals surface area contributed by atoms with Gasteiger partial charge in [-0.1, -0.05) is 5.57 Å². The third kappa shape index (κ3) is 4.15. The topological polar surface area (TPSA) is 194 Å². The zero-order valence-electron chi connectivity index (χ0n) is 28.1. The first kappa shape index (κ1) is 33.0. The number of Topliss-reactive ketones (excluding diaryl/α,β-unsaturated/α-hetero) is 1. The predicted octanol–water partition coefficient (Wildman–Crippen LogP) is 4.46. The number of rotatable bonds is 7. The van der Waals surface area contributed by atoms with E-state index >= 15 is 0 Å². The lowest BCUT2D eigenvalue weighted by Crippen LogP contribution is -2.29. The van der Waals surface area contributed by atoms with Crippen molar-refractivity contribution in [3.05, 3.63) is 27.4 Å². The highest BCUT2D eigenvalue weighted by Crippen LogP contribution is 2.60. The molecule has 0 spiro atoms. The molecule has 0 saturated heterocycles. The fourth-order valence-electron chi connectivity index (χ4n) is 8.08. The normalized spacial score (nSPS) is 18.0. The molecule has 8 rings (SSSR count). The van der Waals surface area contributed by atoms with Gasteiger partial charge in [0.2, 0.25) is 0 Å². The molecule has 2 atom stereocenters. The molecular formula is C36H30N2O11S2. The number of carboxylic acid groups (broad SMARTS) is 2. The third-order valence-corrected chi connectivity index (χ3v) is 12.2. The maximum Gasteiger partial charge on any atom is 0.329 e. The van der Waals surface area contributed by atoms with Crippen molar-refractivity contribution in [3.63, 3.8) is 0 Å². The van der Waals surface area contributed by atoms with Crippen LogP contribution in [0.4, 0.5) is 0 Å². The summed E-state index contributed by atoms with van der Waals surface area (Å²) < 4.78 is 24.2. The molecule has 5 aromatic carbocycles. The van der Waals surface area contributed by atoms with E-state index in [2.05, 4.69) is 9.98 Å². The Balaban J connectivity index is 1.86. The number of hydrogen-bond donors (Lipinski definition) is 4. The monoisotopic (exact) mass is 730 g/mol. The number of aromatic hydroxyl groups is 2. The summed E-state index contributed by atoms with van der Waals surface area (Å²) in [7, 11) is 5.75. The van der Waals surface area contributed by atoms with Crippen molar-refractivity contribution in [2.45, 2.75) is 42.1 Å². The van der Waals surface area contributed by atoms with Crippen molar-refractivity contribution < 1.29 is 53.8 Å². The third-order valence-electron chi connectivity index (χ3n) is 9.93. The predicted molar refractivity (Wildman–Crippen MR) is 191 cm³/mol. The number of nitrogens with zero attached hydrogens (tertiary/aromatic N) is 2. The lowest BCUT2D eigenvalue weighted by molar-refractivity contribution is -0.138. The average Bonchev–Trinajstić information content (AvgIpc) is 3.23. The molecule has 51 heavy (non-hydrogen) atoms. The van der Waals surface area contributed by atoms with Gasteiger partial charge in [0.25, 0.3) is 0 Å². The van der Waals surface area contributed by atoms with Gasteiger partial charge in [-0.25, -0.2) is 9.59 Å². The van der Waals surface area contributed by atoms with E-state index in [1.54, 1.807) is 6.92 Å². The lowest BCUT2D eigenvalue weighted by Gasteiger charge is -2.28. The molecule has 0 saturated carbocycles. The van der Waals surface area contributed by atoms with Crippen LogP contribution in [0.3, 0.4) is 0 Å². The zero-order chi connectivity index (χ0) is 36.4. The molecule has 0 amide bonds. The van der Waals surface area contributed by atoms with Gasteiger partial charge in [0.05, 0.1) is 59.7 Å². The molecule has 262 valence electrons. The Labute approximate surface area is 296 Å². The fourth-order valence-corrected chi connectivity index (χ4v) is 10.4. The van der Waals surface area contributed by atoms with Crippen LogP contribution in [0.1, 0.15) is 25.0 Å². The van der Waals surface area contributed by atoms with E-state index in [-0.39, 0.29) is 73.8 Å². The van der Waals surface area contributed by atoms with Gasteiger partial charge in [-0.2, -0.15) is 0 Å². The Morgan fingerprint density at radius 3 is 1.53 bits per heavy atom. The van der Waals surface area contributed by atoms with Gasteiger partial charge >= 0.3 is 11.9 Å². The number of benzene rings is 5. The number of ether oxygens (including phenoxy) is 4. The van der Waals surface area contributed by atoms with Crippen LogP contribution in [0.5, 0.6) is 34.5 Å². The smallest absolute Gasteiger partial charge is 0.329 e. The van der Waals surface area contributed by atoms with Crippen molar-refractivity contribution in [1.29, 1.82) is 0 Å². The number of carbonyl (C=O) groups excluding carboxylic acids is 1. The number of phenolic OH excluding ortho intramolecular Hbond substituents is 2. The molecule has 4 N–H and O–H groups in total. The number of fused-ring (bicyclic) bond motifs is 5. The van der Waals surface area contributed by atoms with E-state index < -0.39 is 24.0 Å². The summed E-state index contributed by atoms with van der Waals surface area (Å²) in [5.74, 6) is -2.26. The molecule has 3 aliphatic rings. The minimum Gasteiger partial charge on any atom is -0.504 e. The Hall–Kier alpha value is -5.15. The molecule has 0 bridgehead atoms. The van der Waals surface area contributed by atoms with Crippen molar-refractivity contribution in [2.75, 3.05) is 39.9 Å². The molecule has 13 nitrogen and oxygen atoms in total. The molecule has 0 aromatic heterocycles. The van der Waals surface area contributed by atoms with E-state index in [1.165, 1.54) is 58.9 Å². The minimum atomic E-state index is -1.14. The number of carboxylic acids is 2. The van der Waals surface area contributed by atoms with Crippen molar-refractivity contribution in [3.8, 4) is 34.5 Å². The SMILES string of the molecule is COc1c(O)c2c3c(c(OC)c4c5c(OC)c6c(c7c(O)c(OC)c8c(c(c1CC(C)=C8C(C)=O)c24)c75)=NC(C(=O)O)CS6)SCC(C(=O)O)N=3. The minimum absolute atomic E-state index is 0.0226. The van der Waals surface area contributed by atoms with Crippen LogP contribution in [-0.2, 0) is 20.8 Å². The standard InChI is InChI=1S/C36H30N2O11S2/c1-10-7-12-16-17-19-22(21-18(16)23(27(40)29(12)46-3)25-33(31(21)48-5)50-8-13(37-25)35(42)43)32(49-6)34-26(38-14(9-51-34)36(44)45)24(19)28(41)30(47-4)20(17)15(10)11(2)39/h13-14,40-41H,7-9H2,1-6H3,(H,42,43)(H,44,45). The van der Waals surface area contributed by atoms with Gasteiger partial charge in [-0.3, -0.25) is 14.8 Å². The van der Waals surface area contributed by atoms with E-state index in [0.717, 1.165) is 0 Å². The van der Waals surface area contributed by atoms with Crippen LogP contribution in [0, 0.1) is 0 Å². The van der Waals surface area contributed by atoms with Gasteiger partial charge in [0.15, 0.2) is 40.9 Å². The second-order valence-electron chi connectivity index (χ2n) is 12.5. The number of hydrogen-bond acceptors (Lipinski definition) is 13. The van der Waals surface area contributed by atoms with Crippen LogP contribution in [-0.4, -0.2) is 90.2 Å². The maximum absolute atomic E-state index is 13.7. The fraction of sp³-hybridized carbons (Fsp3) is 0.306. The summed E-state index contributed by atoms with van der Waals surface area (Å²) >= 11 is 2.44. The van der Waals surface area contributed by atoms with Gasteiger partial charge in [-0.05, 0) is 25.7 Å². The second kappa shape index (κ2) is 11.4. The Morgan fingerprint density at radius 2 is 1.10 bits per heavy atom. The van der Waals surface area contributed by atoms with Gasteiger partial charge in [0.1, 0.15) is 11.5 Å². The molecule has 2 aliphatic heterocycles. The van der Waals surface area contributed by atoms with Crippen molar-refractivity contribution >= 4 is 89.9 Å². The number of carbonyl (C=O) groups is 3. The summed E-state index contributed by atoms with van der Waals surface area (Å²) in [4.78, 5) is 48.5. The largest absolute Gasteiger partial charge is 0.504 e. The molecule has 1 aliphatic carbocycles. The first-order valence-corrected chi connectivity index (χ1v) is 17.7. The highest BCUT2D eigenvalue weighted by atomic mass is 32.2. The summed E-state index contributed by atoms with van der Waals surface area (Å²) in [6.07, 6.45) is 0.137. The van der Waals surface area contributed by atoms with Gasteiger partial charge < -0.3 is 39.4 Å². The molecule has 5 aromatic rings. The summed E-state index contributed by atoms with van der Waals surface area (Å²) in [5, 5.41) is 48.1. The summed E-state index contributed by atoms with van der Waals surface area (Å²) in [6.45, 7) is 3.20. The van der Waals surface area contributed by atoms with E-state index in [4.69, 9.17) is 18.9 Å². The zero-order valence-corrected chi connectivity index (χ0v) is 29.8. The summed E-state index contributed by atoms with van der Waals surface area (Å²) in [6, 6.07) is -2.25. The highest BCUT2D eigenvalue weighted by Gasteiger charge is 2.39. The van der Waals surface area contributed by atoms with Gasteiger partial charge in [-0.15, -0.1) is 23.5 Å². The van der Waals surface area contributed by atoms with Crippen LogP contribution in [0.15, 0.2) is 25.3 Å². The Bertz CT molecular complexity index is 2650. The van der Waals surface area contributed by atoms with E-state index in [1.807, 2.05) is 0 Å². The quantitative estimate of drug-likeness (QED) is 0.136. The summed E-state index contributed by atoms with van der Waals surface area (Å²) in [5.41, 5.74) is 1.69. The molecule has 15 heteroatoms. The van der Waals surface area contributed by atoms with Crippen molar-refractivity contribution in [1.82, 2.24) is 0 Å². The lowest BCUT2D eigenvalue weighted by atomic mass is 9.82. The molecule has 2 unspecified atom stereocenters. The molecular weight excluding hydrogens is 701 g/mol. The van der Waals surface area contributed by atoms with E-state index in [9.17, 15) is 34.8 Å². The molecule has 0 radical (unpaired) electrons. The Morgan fingerprint density at radius 1 is 0.647 bits per heavy atom.